The van der Waals surface area contributed by atoms with Crippen LogP contribution in [0.3, 0.4) is 0 Å². The molecule has 1 aromatic heterocycles. The van der Waals surface area contributed by atoms with Gasteiger partial charge in [-0.1, -0.05) is 13.8 Å². The number of amides is 1. The van der Waals surface area contributed by atoms with E-state index >= 15 is 0 Å². The van der Waals surface area contributed by atoms with Gasteiger partial charge in [0.2, 0.25) is 0 Å². The monoisotopic (exact) mass is 252 g/mol. The topological polar surface area (TPSA) is 64.2 Å². The second kappa shape index (κ2) is 6.54. The zero-order valence-corrected chi connectivity index (χ0v) is 11.8. The van der Waals surface area contributed by atoms with Crippen molar-refractivity contribution in [1.29, 1.82) is 0 Å². The van der Waals surface area contributed by atoms with Gasteiger partial charge in [0.05, 0.1) is 0 Å². The quantitative estimate of drug-likeness (QED) is 0.830. The SMILES string of the molecule is CCC(CC)N(CCN)C(=O)c1cc(C)n(C)n1. The van der Waals surface area contributed by atoms with Crippen LogP contribution in [0.15, 0.2) is 6.07 Å². The number of hydrogen-bond acceptors (Lipinski definition) is 3. The first-order valence-electron chi connectivity index (χ1n) is 6.56. The maximum Gasteiger partial charge on any atom is 0.274 e. The van der Waals surface area contributed by atoms with Crippen molar-refractivity contribution in [2.24, 2.45) is 12.8 Å². The molecule has 0 atom stereocenters. The van der Waals surface area contributed by atoms with Gasteiger partial charge in [-0.2, -0.15) is 5.10 Å². The molecule has 0 bridgehead atoms. The summed E-state index contributed by atoms with van der Waals surface area (Å²) in [6.07, 6.45) is 1.88. The van der Waals surface area contributed by atoms with E-state index in [-0.39, 0.29) is 11.9 Å². The van der Waals surface area contributed by atoms with Gasteiger partial charge in [-0.15, -0.1) is 0 Å². The number of carbonyl (C=O) groups is 1. The molecule has 1 heterocycles. The van der Waals surface area contributed by atoms with Crippen molar-refractivity contribution in [3.8, 4) is 0 Å². The first-order valence-corrected chi connectivity index (χ1v) is 6.56. The molecule has 0 aliphatic heterocycles. The van der Waals surface area contributed by atoms with Crippen molar-refractivity contribution in [2.75, 3.05) is 13.1 Å². The summed E-state index contributed by atoms with van der Waals surface area (Å²) in [5.74, 6) is -0.0159. The maximum absolute atomic E-state index is 12.5. The van der Waals surface area contributed by atoms with Crippen molar-refractivity contribution in [1.82, 2.24) is 14.7 Å². The van der Waals surface area contributed by atoms with Crippen molar-refractivity contribution in [3.05, 3.63) is 17.5 Å². The third kappa shape index (κ3) is 3.10. The van der Waals surface area contributed by atoms with Crippen LogP contribution in [0.4, 0.5) is 0 Å². The lowest BCUT2D eigenvalue weighted by molar-refractivity contribution is 0.0667. The number of rotatable bonds is 6. The van der Waals surface area contributed by atoms with Crippen molar-refractivity contribution in [2.45, 2.75) is 39.7 Å². The summed E-state index contributed by atoms with van der Waals surface area (Å²) < 4.78 is 1.72. The minimum absolute atomic E-state index is 0.0159. The number of aryl methyl sites for hydroxylation is 2. The average Bonchev–Trinajstić information content (AvgIpc) is 2.69. The van der Waals surface area contributed by atoms with Gasteiger partial charge in [-0.25, -0.2) is 0 Å². The third-order valence-electron chi connectivity index (χ3n) is 3.35. The predicted molar refractivity (Wildman–Crippen MR) is 72.4 cm³/mol. The van der Waals surface area contributed by atoms with E-state index in [1.54, 1.807) is 4.68 Å². The Morgan fingerprint density at radius 3 is 2.50 bits per heavy atom. The number of aromatic nitrogens is 2. The molecular weight excluding hydrogens is 228 g/mol. The lowest BCUT2D eigenvalue weighted by Gasteiger charge is -2.29. The fraction of sp³-hybridized carbons (Fsp3) is 0.692. The van der Waals surface area contributed by atoms with Crippen LogP contribution in [0.25, 0.3) is 0 Å². The molecule has 0 radical (unpaired) electrons. The van der Waals surface area contributed by atoms with Gasteiger partial charge in [0.25, 0.3) is 5.91 Å². The minimum Gasteiger partial charge on any atom is -0.333 e. The molecule has 1 rings (SSSR count). The van der Waals surface area contributed by atoms with Crippen LogP contribution in [0.5, 0.6) is 0 Å². The van der Waals surface area contributed by atoms with Crippen LogP contribution in [0.2, 0.25) is 0 Å². The summed E-state index contributed by atoms with van der Waals surface area (Å²) in [6.45, 7) is 7.19. The summed E-state index contributed by atoms with van der Waals surface area (Å²) in [7, 11) is 1.84. The molecule has 18 heavy (non-hydrogen) atoms. The van der Waals surface area contributed by atoms with Crippen LogP contribution < -0.4 is 5.73 Å². The highest BCUT2D eigenvalue weighted by Gasteiger charge is 2.23. The largest absolute Gasteiger partial charge is 0.333 e. The summed E-state index contributed by atoms with van der Waals surface area (Å²) in [5, 5.41) is 4.25. The summed E-state index contributed by atoms with van der Waals surface area (Å²) in [6, 6.07) is 2.07. The Hall–Kier alpha value is -1.36. The van der Waals surface area contributed by atoms with Crippen LogP contribution in [-0.4, -0.2) is 39.7 Å². The highest BCUT2D eigenvalue weighted by atomic mass is 16.2. The predicted octanol–water partition coefficient (Wildman–Crippen LogP) is 1.32. The van der Waals surface area contributed by atoms with E-state index in [1.165, 1.54) is 0 Å². The second-order valence-electron chi connectivity index (χ2n) is 4.55. The third-order valence-corrected chi connectivity index (χ3v) is 3.35. The van der Waals surface area contributed by atoms with Crippen LogP contribution in [0, 0.1) is 6.92 Å². The smallest absolute Gasteiger partial charge is 0.274 e. The van der Waals surface area contributed by atoms with E-state index in [0.717, 1.165) is 18.5 Å². The molecule has 5 heteroatoms. The van der Waals surface area contributed by atoms with E-state index in [0.29, 0.717) is 18.8 Å². The molecule has 0 saturated heterocycles. The number of hydrogen-bond donors (Lipinski definition) is 1. The fourth-order valence-electron chi connectivity index (χ4n) is 2.13. The average molecular weight is 252 g/mol. The Bertz CT molecular complexity index is 376. The van der Waals surface area contributed by atoms with Gasteiger partial charge >= 0.3 is 0 Å². The first-order chi connectivity index (χ1) is 8.54. The van der Waals surface area contributed by atoms with Crippen LogP contribution >= 0.6 is 0 Å². The lowest BCUT2D eigenvalue weighted by atomic mass is 10.1. The zero-order valence-electron chi connectivity index (χ0n) is 11.8. The molecule has 2 N–H and O–H groups in total. The van der Waals surface area contributed by atoms with Gasteiger partial charge in [0, 0.05) is 31.9 Å². The second-order valence-corrected chi connectivity index (χ2v) is 4.55. The van der Waals surface area contributed by atoms with Gasteiger partial charge < -0.3 is 10.6 Å². The van der Waals surface area contributed by atoms with Crippen molar-refractivity contribution in [3.63, 3.8) is 0 Å². The van der Waals surface area contributed by atoms with Gasteiger partial charge in [-0.3, -0.25) is 9.48 Å². The molecule has 0 aliphatic rings. The molecule has 0 spiro atoms. The molecular formula is C13H24N4O. The van der Waals surface area contributed by atoms with E-state index < -0.39 is 0 Å². The van der Waals surface area contributed by atoms with Gasteiger partial charge in [0.1, 0.15) is 0 Å². The van der Waals surface area contributed by atoms with Crippen LogP contribution in [-0.2, 0) is 7.05 Å². The van der Waals surface area contributed by atoms with E-state index in [1.807, 2.05) is 24.9 Å². The minimum atomic E-state index is -0.0159. The Labute approximate surface area is 109 Å². The fourth-order valence-corrected chi connectivity index (χ4v) is 2.13. The molecule has 0 unspecified atom stereocenters. The van der Waals surface area contributed by atoms with E-state index in [4.69, 9.17) is 5.73 Å². The molecule has 1 amide bonds. The molecule has 0 fully saturated rings. The molecule has 1 aromatic rings. The summed E-state index contributed by atoms with van der Waals surface area (Å²) in [4.78, 5) is 14.3. The number of carbonyl (C=O) groups excluding carboxylic acids is 1. The Morgan fingerprint density at radius 1 is 1.50 bits per heavy atom. The molecule has 0 aromatic carbocycles. The van der Waals surface area contributed by atoms with E-state index in [2.05, 4.69) is 18.9 Å². The Morgan fingerprint density at radius 2 is 2.11 bits per heavy atom. The van der Waals surface area contributed by atoms with Crippen LogP contribution in [0.1, 0.15) is 42.9 Å². The molecule has 5 nitrogen and oxygen atoms in total. The Balaban J connectivity index is 2.94. The lowest BCUT2D eigenvalue weighted by Crippen LogP contribution is -2.43. The molecule has 0 saturated carbocycles. The van der Waals surface area contributed by atoms with Crippen molar-refractivity contribution < 1.29 is 4.79 Å². The highest BCUT2D eigenvalue weighted by molar-refractivity contribution is 5.92. The standard InChI is InChI=1S/C13H24N4O/c1-5-11(6-2)17(8-7-14)13(18)12-9-10(3)16(4)15-12/h9,11H,5-8,14H2,1-4H3. The van der Waals surface area contributed by atoms with Gasteiger partial charge in [-0.05, 0) is 25.8 Å². The maximum atomic E-state index is 12.5. The summed E-state index contributed by atoms with van der Waals surface area (Å²) in [5.41, 5.74) is 7.10. The van der Waals surface area contributed by atoms with Gasteiger partial charge in [0.15, 0.2) is 5.69 Å². The molecule has 102 valence electrons. The van der Waals surface area contributed by atoms with E-state index in [9.17, 15) is 4.79 Å². The molecule has 0 aliphatic carbocycles. The van der Waals surface area contributed by atoms with Crippen molar-refractivity contribution >= 4 is 5.91 Å². The zero-order chi connectivity index (χ0) is 13.7. The Kier molecular flexibility index (Phi) is 5.34. The normalized spacial score (nSPS) is 11.0. The first kappa shape index (κ1) is 14.7. The number of nitrogens with two attached hydrogens (primary N) is 1. The summed E-state index contributed by atoms with van der Waals surface area (Å²) >= 11 is 0. The highest BCUT2D eigenvalue weighted by Crippen LogP contribution is 2.13. The number of nitrogens with zero attached hydrogens (tertiary/aromatic N) is 3.